The van der Waals surface area contributed by atoms with E-state index in [4.69, 9.17) is 39.8 Å². The molecule has 0 N–H and O–H groups in total. The number of carbonyl (C=O) groups is 1. The van der Waals surface area contributed by atoms with E-state index >= 15 is 0 Å². The van der Waals surface area contributed by atoms with Crippen LogP contribution in [-0.4, -0.2) is 10.2 Å². The van der Waals surface area contributed by atoms with Gasteiger partial charge in [-0.1, -0.05) is 64.9 Å². The average Bonchev–Trinajstić information content (AvgIpc) is 3.21. The van der Waals surface area contributed by atoms with Crippen molar-refractivity contribution in [2.45, 2.75) is 6.92 Å². The maximum atomic E-state index is 12.8. The summed E-state index contributed by atoms with van der Waals surface area (Å²) in [4.78, 5) is 14.9. The van der Waals surface area contributed by atoms with Gasteiger partial charge in [0.05, 0.1) is 15.6 Å². The highest BCUT2D eigenvalue weighted by Crippen LogP contribution is 2.37. The van der Waals surface area contributed by atoms with Gasteiger partial charge in [0, 0.05) is 16.7 Å². The summed E-state index contributed by atoms with van der Waals surface area (Å²) in [7, 11) is 0. The molecular formula is C21H13Cl2NO2S2. The Morgan fingerprint density at radius 3 is 2.54 bits per heavy atom. The van der Waals surface area contributed by atoms with E-state index in [2.05, 4.69) is 0 Å². The quantitative estimate of drug-likeness (QED) is 0.321. The van der Waals surface area contributed by atoms with Crippen molar-refractivity contribution in [3.63, 3.8) is 0 Å². The van der Waals surface area contributed by atoms with Crippen LogP contribution >= 0.6 is 47.2 Å². The van der Waals surface area contributed by atoms with E-state index in [-0.39, 0.29) is 5.91 Å². The number of rotatable bonds is 3. The SMILES string of the molecule is Cc1ccc(N2C(=O)C(=Cc3ccc(-c4ccc(Cl)cc4Cl)o3)SC2=S)cc1. The number of hydrogen-bond acceptors (Lipinski definition) is 4. The Morgan fingerprint density at radius 2 is 1.82 bits per heavy atom. The fourth-order valence-corrected chi connectivity index (χ4v) is 4.56. The lowest BCUT2D eigenvalue weighted by molar-refractivity contribution is -0.113. The molecule has 0 radical (unpaired) electrons. The number of aryl methyl sites for hydroxylation is 1. The molecule has 1 aliphatic heterocycles. The normalized spacial score (nSPS) is 15.7. The van der Waals surface area contributed by atoms with E-state index in [0.717, 1.165) is 16.8 Å². The summed E-state index contributed by atoms with van der Waals surface area (Å²) in [6.45, 7) is 2.00. The molecule has 1 fully saturated rings. The van der Waals surface area contributed by atoms with Gasteiger partial charge in [-0.2, -0.15) is 0 Å². The molecule has 2 aromatic carbocycles. The van der Waals surface area contributed by atoms with Crippen molar-refractivity contribution in [2.75, 3.05) is 4.90 Å². The summed E-state index contributed by atoms with van der Waals surface area (Å²) in [6, 6.07) is 16.5. The first-order chi connectivity index (χ1) is 13.4. The molecule has 0 spiro atoms. The van der Waals surface area contributed by atoms with E-state index in [1.54, 1.807) is 30.3 Å². The lowest BCUT2D eigenvalue weighted by Crippen LogP contribution is -2.27. The Kier molecular flexibility index (Phi) is 5.34. The Bertz CT molecular complexity index is 1120. The zero-order valence-electron chi connectivity index (χ0n) is 14.6. The standard InChI is InChI=1S/C21H13Cl2NO2S2/c1-12-2-5-14(6-3-12)24-20(25)19(28-21(24)27)11-15-7-9-18(26-15)16-8-4-13(22)10-17(16)23/h2-11H,1H3. The molecule has 1 aromatic heterocycles. The van der Waals surface area contributed by atoms with Crippen LogP contribution in [0.5, 0.6) is 0 Å². The third-order valence-electron chi connectivity index (χ3n) is 4.18. The second kappa shape index (κ2) is 7.76. The summed E-state index contributed by atoms with van der Waals surface area (Å²) >= 11 is 18.8. The molecule has 1 saturated heterocycles. The molecule has 28 heavy (non-hydrogen) atoms. The molecule has 0 atom stereocenters. The zero-order chi connectivity index (χ0) is 19.8. The van der Waals surface area contributed by atoms with Crippen LogP contribution in [0.4, 0.5) is 5.69 Å². The van der Waals surface area contributed by atoms with Crippen LogP contribution in [0.3, 0.4) is 0 Å². The third kappa shape index (κ3) is 3.76. The van der Waals surface area contributed by atoms with Crippen LogP contribution < -0.4 is 4.90 Å². The third-order valence-corrected chi connectivity index (χ3v) is 6.03. The molecule has 3 aromatic rings. The van der Waals surface area contributed by atoms with E-state index in [9.17, 15) is 4.79 Å². The molecule has 0 aliphatic carbocycles. The highest BCUT2D eigenvalue weighted by atomic mass is 35.5. The van der Waals surface area contributed by atoms with Crippen molar-refractivity contribution in [3.8, 4) is 11.3 Å². The molecule has 140 valence electrons. The van der Waals surface area contributed by atoms with Gasteiger partial charge in [-0.05, 0) is 49.4 Å². The lowest BCUT2D eigenvalue weighted by Gasteiger charge is -2.14. The zero-order valence-corrected chi connectivity index (χ0v) is 17.8. The number of anilines is 1. The first-order valence-electron chi connectivity index (χ1n) is 8.32. The molecule has 2 heterocycles. The summed E-state index contributed by atoms with van der Waals surface area (Å²) in [6.07, 6.45) is 1.70. The molecule has 3 nitrogen and oxygen atoms in total. The van der Waals surface area contributed by atoms with Crippen LogP contribution in [0.25, 0.3) is 17.4 Å². The minimum Gasteiger partial charge on any atom is -0.457 e. The van der Waals surface area contributed by atoms with Gasteiger partial charge in [-0.3, -0.25) is 9.69 Å². The minimum atomic E-state index is -0.165. The van der Waals surface area contributed by atoms with Crippen molar-refractivity contribution in [2.24, 2.45) is 0 Å². The fraction of sp³-hybridized carbons (Fsp3) is 0.0476. The molecule has 0 unspecified atom stereocenters. The Balaban J connectivity index is 1.61. The van der Waals surface area contributed by atoms with Crippen LogP contribution in [-0.2, 0) is 4.79 Å². The number of halogens is 2. The molecule has 1 amide bonds. The summed E-state index contributed by atoms with van der Waals surface area (Å²) in [5.41, 5.74) is 2.61. The smallest absolute Gasteiger partial charge is 0.270 e. The van der Waals surface area contributed by atoms with Crippen LogP contribution in [0.2, 0.25) is 10.0 Å². The van der Waals surface area contributed by atoms with Crippen LogP contribution in [0.15, 0.2) is 63.9 Å². The Labute approximate surface area is 181 Å². The van der Waals surface area contributed by atoms with Gasteiger partial charge in [0.2, 0.25) is 0 Å². The maximum Gasteiger partial charge on any atom is 0.270 e. The van der Waals surface area contributed by atoms with Crippen molar-refractivity contribution in [3.05, 3.63) is 80.9 Å². The highest BCUT2D eigenvalue weighted by Gasteiger charge is 2.33. The van der Waals surface area contributed by atoms with Crippen molar-refractivity contribution < 1.29 is 9.21 Å². The second-order valence-corrected chi connectivity index (χ2v) is 8.70. The minimum absolute atomic E-state index is 0.165. The predicted octanol–water partition coefficient (Wildman–Crippen LogP) is 6.97. The summed E-state index contributed by atoms with van der Waals surface area (Å²) in [5, 5.41) is 1.06. The Hall–Kier alpha value is -2.05. The van der Waals surface area contributed by atoms with Gasteiger partial charge >= 0.3 is 0 Å². The van der Waals surface area contributed by atoms with Crippen molar-refractivity contribution in [1.29, 1.82) is 0 Å². The highest BCUT2D eigenvalue weighted by molar-refractivity contribution is 8.27. The topological polar surface area (TPSA) is 33.5 Å². The summed E-state index contributed by atoms with van der Waals surface area (Å²) in [5.74, 6) is 0.980. The number of amides is 1. The van der Waals surface area contributed by atoms with Gasteiger partial charge in [0.25, 0.3) is 5.91 Å². The number of carbonyl (C=O) groups excluding carboxylic acids is 1. The number of thiocarbonyl (C=S) groups is 1. The van der Waals surface area contributed by atoms with Crippen LogP contribution in [0.1, 0.15) is 11.3 Å². The van der Waals surface area contributed by atoms with E-state index in [1.165, 1.54) is 16.7 Å². The number of benzene rings is 2. The molecule has 0 saturated carbocycles. The van der Waals surface area contributed by atoms with Crippen LogP contribution in [0, 0.1) is 6.92 Å². The second-order valence-electron chi connectivity index (χ2n) is 6.18. The van der Waals surface area contributed by atoms with E-state index in [0.29, 0.717) is 30.8 Å². The van der Waals surface area contributed by atoms with Crippen molar-refractivity contribution >= 4 is 69.2 Å². The van der Waals surface area contributed by atoms with Gasteiger partial charge in [0.1, 0.15) is 11.5 Å². The lowest BCUT2D eigenvalue weighted by atomic mass is 10.2. The maximum absolute atomic E-state index is 12.8. The first kappa shape index (κ1) is 19.3. The number of nitrogens with zero attached hydrogens (tertiary/aromatic N) is 1. The molecule has 4 rings (SSSR count). The number of hydrogen-bond donors (Lipinski definition) is 0. The number of thioether (sulfide) groups is 1. The average molecular weight is 446 g/mol. The van der Waals surface area contributed by atoms with Crippen molar-refractivity contribution in [1.82, 2.24) is 0 Å². The fourth-order valence-electron chi connectivity index (χ4n) is 2.78. The predicted molar refractivity (Wildman–Crippen MR) is 121 cm³/mol. The monoisotopic (exact) mass is 445 g/mol. The largest absolute Gasteiger partial charge is 0.457 e. The molecule has 7 heteroatoms. The number of furan rings is 1. The molecule has 1 aliphatic rings. The summed E-state index contributed by atoms with van der Waals surface area (Å²) < 4.78 is 6.35. The first-order valence-corrected chi connectivity index (χ1v) is 10.3. The van der Waals surface area contributed by atoms with Gasteiger partial charge < -0.3 is 4.42 Å². The molecule has 0 bridgehead atoms. The van der Waals surface area contributed by atoms with E-state index in [1.807, 2.05) is 37.3 Å². The molecular weight excluding hydrogens is 433 g/mol. The van der Waals surface area contributed by atoms with Gasteiger partial charge in [0.15, 0.2) is 4.32 Å². The van der Waals surface area contributed by atoms with Gasteiger partial charge in [-0.25, -0.2) is 0 Å². The van der Waals surface area contributed by atoms with Gasteiger partial charge in [-0.15, -0.1) is 0 Å². The van der Waals surface area contributed by atoms with E-state index < -0.39 is 0 Å². The Morgan fingerprint density at radius 1 is 1.07 bits per heavy atom.